The largest absolute Gasteiger partial charge is 0.480 e. The Kier molecular flexibility index (Phi) is 8.94. The van der Waals surface area contributed by atoms with Gasteiger partial charge >= 0.3 is 12.1 Å². The zero-order valence-corrected chi connectivity index (χ0v) is 23.2. The lowest BCUT2D eigenvalue weighted by Crippen LogP contribution is -2.48. The molecule has 4 aromatic rings. The van der Waals surface area contributed by atoms with E-state index >= 15 is 0 Å². The number of hydrogen-bond donors (Lipinski definition) is 3. The molecule has 8 heteroatoms. The summed E-state index contributed by atoms with van der Waals surface area (Å²) in [7, 11) is 0. The van der Waals surface area contributed by atoms with Crippen LogP contribution in [0, 0.1) is 0 Å². The fraction of sp³-hybridized carbons (Fsp3) is 0.206. The Bertz CT molecular complexity index is 1510. The van der Waals surface area contributed by atoms with Crippen molar-refractivity contribution in [2.45, 2.75) is 38.1 Å². The van der Waals surface area contributed by atoms with E-state index in [1.54, 1.807) is 31.2 Å². The summed E-state index contributed by atoms with van der Waals surface area (Å²) in [5.74, 6) is -1.75. The van der Waals surface area contributed by atoms with Gasteiger partial charge in [-0.3, -0.25) is 4.79 Å². The van der Waals surface area contributed by atoms with Crippen LogP contribution >= 0.6 is 0 Å². The third kappa shape index (κ3) is 6.67. The molecule has 8 nitrogen and oxygen atoms in total. The monoisotopic (exact) mass is 564 g/mol. The molecular formula is C34H32N2O6. The number of rotatable bonds is 11. The molecule has 2 unspecified atom stereocenters. The summed E-state index contributed by atoms with van der Waals surface area (Å²) in [6.45, 7) is 2.27. The van der Waals surface area contributed by atoms with E-state index in [1.165, 1.54) is 0 Å². The first-order chi connectivity index (χ1) is 20.4. The van der Waals surface area contributed by atoms with Crippen LogP contribution in [0.25, 0.3) is 11.1 Å². The molecule has 2 atom stereocenters. The molecule has 214 valence electrons. The number of alkyl carbamates (subject to hydrolysis) is 1. The predicted molar refractivity (Wildman–Crippen MR) is 158 cm³/mol. The minimum atomic E-state index is -1.23. The third-order valence-electron chi connectivity index (χ3n) is 7.37. The highest BCUT2D eigenvalue weighted by Crippen LogP contribution is 2.44. The molecule has 0 radical (unpaired) electrons. The molecule has 0 spiro atoms. The molecule has 3 N–H and O–H groups in total. The number of hydrogen-bond acceptors (Lipinski definition) is 5. The third-order valence-corrected chi connectivity index (χ3v) is 7.37. The Balaban J connectivity index is 1.11. The molecule has 0 saturated carbocycles. The number of carboxylic acids is 1. The van der Waals surface area contributed by atoms with E-state index in [4.69, 9.17) is 9.47 Å². The second-order valence-corrected chi connectivity index (χ2v) is 10.2. The van der Waals surface area contributed by atoms with Gasteiger partial charge in [0.1, 0.15) is 6.61 Å². The summed E-state index contributed by atoms with van der Waals surface area (Å²) >= 11 is 0. The van der Waals surface area contributed by atoms with Crippen LogP contribution in [-0.4, -0.2) is 41.8 Å². The van der Waals surface area contributed by atoms with Crippen LogP contribution in [0.15, 0.2) is 103 Å². The van der Waals surface area contributed by atoms with Crippen LogP contribution in [-0.2, 0) is 27.4 Å². The average molecular weight is 565 g/mol. The van der Waals surface area contributed by atoms with Crippen LogP contribution in [0.2, 0.25) is 0 Å². The minimum absolute atomic E-state index is 0.0259. The van der Waals surface area contributed by atoms with E-state index < -0.39 is 30.1 Å². The van der Waals surface area contributed by atoms with Gasteiger partial charge in [-0.1, -0.05) is 91.0 Å². The van der Waals surface area contributed by atoms with Crippen molar-refractivity contribution in [3.05, 3.63) is 131 Å². The molecule has 1 aliphatic carbocycles. The molecule has 5 rings (SSSR count). The Morgan fingerprint density at radius 3 is 2.00 bits per heavy atom. The van der Waals surface area contributed by atoms with Crippen molar-refractivity contribution >= 4 is 18.0 Å². The van der Waals surface area contributed by atoms with Gasteiger partial charge in [0.2, 0.25) is 0 Å². The summed E-state index contributed by atoms with van der Waals surface area (Å²) in [5.41, 5.74) is 6.56. The van der Waals surface area contributed by atoms with Gasteiger partial charge in [-0.15, -0.1) is 0 Å². The van der Waals surface area contributed by atoms with Crippen LogP contribution in [0.4, 0.5) is 4.79 Å². The van der Waals surface area contributed by atoms with E-state index in [2.05, 4.69) is 34.9 Å². The number of fused-ring (bicyclic) bond motifs is 3. The summed E-state index contributed by atoms with van der Waals surface area (Å²) in [6.07, 6.45) is -1.29. The van der Waals surface area contributed by atoms with Gasteiger partial charge in [0, 0.05) is 18.0 Å². The van der Waals surface area contributed by atoms with Gasteiger partial charge in [0.05, 0.1) is 12.7 Å². The molecular weight excluding hydrogens is 532 g/mol. The van der Waals surface area contributed by atoms with Crippen LogP contribution in [0.1, 0.15) is 45.5 Å². The van der Waals surface area contributed by atoms with Crippen molar-refractivity contribution in [1.82, 2.24) is 10.6 Å². The predicted octanol–water partition coefficient (Wildman–Crippen LogP) is 5.51. The average Bonchev–Trinajstić information content (AvgIpc) is 3.34. The number of ether oxygens (including phenoxy) is 2. The summed E-state index contributed by atoms with van der Waals surface area (Å²) in [5, 5.41) is 15.0. The fourth-order valence-electron chi connectivity index (χ4n) is 5.10. The maximum absolute atomic E-state index is 12.8. The van der Waals surface area contributed by atoms with Crippen molar-refractivity contribution in [3.63, 3.8) is 0 Å². The Morgan fingerprint density at radius 1 is 0.786 bits per heavy atom. The van der Waals surface area contributed by atoms with Gasteiger partial charge in [-0.2, -0.15) is 0 Å². The highest BCUT2D eigenvalue weighted by atomic mass is 16.5. The van der Waals surface area contributed by atoms with E-state index in [0.717, 1.165) is 33.4 Å². The standard InChI is InChI=1S/C34H32N2O6/c1-22(41-20-24-9-3-2-4-10-24)31(33(38)39)36-32(37)25-17-15-23(16-18-25)19-35-34(40)42-21-30-28-13-7-5-11-26(28)27-12-6-8-14-29(27)30/h2-18,22,30-31H,19-21H2,1H3,(H,35,40)(H,36,37)(H,38,39). The van der Waals surface area contributed by atoms with Gasteiger partial charge < -0.3 is 25.2 Å². The maximum atomic E-state index is 12.8. The molecule has 1 aliphatic rings. The van der Waals surface area contributed by atoms with Crippen molar-refractivity contribution < 1.29 is 29.0 Å². The topological polar surface area (TPSA) is 114 Å². The summed E-state index contributed by atoms with van der Waals surface area (Å²) in [4.78, 5) is 37.1. The van der Waals surface area contributed by atoms with Crippen LogP contribution in [0.3, 0.4) is 0 Å². The molecule has 0 heterocycles. The molecule has 42 heavy (non-hydrogen) atoms. The van der Waals surface area contributed by atoms with Crippen molar-refractivity contribution in [3.8, 4) is 11.1 Å². The second kappa shape index (κ2) is 13.1. The number of carbonyl (C=O) groups is 3. The Hall–Kier alpha value is -4.95. The number of carbonyl (C=O) groups excluding carboxylic acids is 2. The molecule has 0 aromatic heterocycles. The first-order valence-corrected chi connectivity index (χ1v) is 13.8. The minimum Gasteiger partial charge on any atom is -0.480 e. The number of nitrogens with one attached hydrogen (secondary N) is 2. The van der Waals surface area contributed by atoms with Gasteiger partial charge in [0.25, 0.3) is 5.91 Å². The number of aliphatic carboxylic acids is 1. The number of carboxylic acid groups (broad SMARTS) is 1. The number of benzene rings is 4. The Labute approximate surface area is 244 Å². The maximum Gasteiger partial charge on any atom is 0.407 e. The molecule has 4 aromatic carbocycles. The van der Waals surface area contributed by atoms with Gasteiger partial charge in [0.15, 0.2) is 6.04 Å². The normalized spacial score (nSPS) is 13.4. The lowest BCUT2D eigenvalue weighted by molar-refractivity contribution is -0.143. The second-order valence-electron chi connectivity index (χ2n) is 10.2. The van der Waals surface area contributed by atoms with E-state index in [0.29, 0.717) is 5.56 Å². The molecule has 2 amide bonds. The molecule has 0 saturated heterocycles. The van der Waals surface area contributed by atoms with E-state index in [1.807, 2.05) is 54.6 Å². The smallest absolute Gasteiger partial charge is 0.407 e. The van der Waals surface area contributed by atoms with Gasteiger partial charge in [-0.05, 0) is 52.4 Å². The summed E-state index contributed by atoms with van der Waals surface area (Å²) < 4.78 is 11.3. The lowest BCUT2D eigenvalue weighted by atomic mass is 9.98. The zero-order valence-electron chi connectivity index (χ0n) is 23.2. The lowest BCUT2D eigenvalue weighted by Gasteiger charge is -2.22. The first-order valence-electron chi connectivity index (χ1n) is 13.8. The zero-order chi connectivity index (χ0) is 29.5. The highest BCUT2D eigenvalue weighted by molar-refractivity contribution is 5.96. The van der Waals surface area contributed by atoms with Crippen LogP contribution < -0.4 is 10.6 Å². The fourth-order valence-corrected chi connectivity index (χ4v) is 5.10. The molecule has 0 fully saturated rings. The number of amides is 2. The first kappa shape index (κ1) is 28.6. The van der Waals surface area contributed by atoms with E-state index in [-0.39, 0.29) is 25.7 Å². The van der Waals surface area contributed by atoms with Crippen molar-refractivity contribution in [2.24, 2.45) is 0 Å². The van der Waals surface area contributed by atoms with Crippen molar-refractivity contribution in [2.75, 3.05) is 6.61 Å². The summed E-state index contributed by atoms with van der Waals surface area (Å²) in [6, 6.07) is 31.0. The van der Waals surface area contributed by atoms with E-state index in [9.17, 15) is 19.5 Å². The van der Waals surface area contributed by atoms with Crippen LogP contribution in [0.5, 0.6) is 0 Å². The highest BCUT2D eigenvalue weighted by Gasteiger charge is 2.29. The quantitative estimate of drug-likeness (QED) is 0.221. The van der Waals surface area contributed by atoms with Crippen molar-refractivity contribution in [1.29, 1.82) is 0 Å². The molecule has 0 bridgehead atoms. The van der Waals surface area contributed by atoms with Gasteiger partial charge in [-0.25, -0.2) is 9.59 Å². The molecule has 0 aliphatic heterocycles. The Morgan fingerprint density at radius 2 is 1.38 bits per heavy atom. The SMILES string of the molecule is CC(OCc1ccccc1)C(NC(=O)c1ccc(CNC(=O)OCC2c3ccccc3-c3ccccc32)cc1)C(=O)O.